The van der Waals surface area contributed by atoms with E-state index >= 15 is 0 Å². The fraction of sp³-hybridized carbons (Fsp3) is 0.556. The summed E-state index contributed by atoms with van der Waals surface area (Å²) >= 11 is 0. The van der Waals surface area contributed by atoms with Crippen LogP contribution in [0.5, 0.6) is 5.75 Å². The molecule has 3 rings (SSSR count). The number of nitrogens with one attached hydrogen (secondary N) is 1. The van der Waals surface area contributed by atoms with E-state index < -0.39 is 0 Å². The minimum absolute atomic E-state index is 0.0486. The van der Waals surface area contributed by atoms with Gasteiger partial charge in [-0.1, -0.05) is 12.1 Å². The summed E-state index contributed by atoms with van der Waals surface area (Å²) < 4.78 is 5.41. The molecule has 5 nitrogen and oxygen atoms in total. The maximum atomic E-state index is 12.5. The van der Waals surface area contributed by atoms with E-state index in [9.17, 15) is 9.59 Å². The van der Waals surface area contributed by atoms with Crippen LogP contribution in [0.4, 0.5) is 0 Å². The Morgan fingerprint density at radius 1 is 1.22 bits per heavy atom. The second-order valence-electron chi connectivity index (χ2n) is 6.46. The Kier molecular flexibility index (Phi) is 4.55. The van der Waals surface area contributed by atoms with Gasteiger partial charge in [0.15, 0.2) is 0 Å². The van der Waals surface area contributed by atoms with E-state index in [2.05, 4.69) is 5.32 Å². The Morgan fingerprint density at radius 3 is 2.48 bits per heavy atom. The molecule has 0 unspecified atom stereocenters. The number of benzene rings is 1. The van der Waals surface area contributed by atoms with Crippen LogP contribution in [0, 0.1) is 0 Å². The van der Waals surface area contributed by atoms with Gasteiger partial charge in [-0.15, -0.1) is 0 Å². The van der Waals surface area contributed by atoms with E-state index in [1.54, 1.807) is 0 Å². The first kappa shape index (κ1) is 15.8. The lowest BCUT2D eigenvalue weighted by Crippen LogP contribution is -2.52. The first-order valence-corrected chi connectivity index (χ1v) is 8.41. The number of piperidine rings is 1. The molecule has 23 heavy (non-hydrogen) atoms. The average molecular weight is 316 g/mol. The molecule has 2 aliphatic heterocycles. The van der Waals surface area contributed by atoms with Gasteiger partial charge >= 0.3 is 0 Å². The second kappa shape index (κ2) is 6.60. The molecule has 1 N–H and O–H groups in total. The third-order valence-corrected chi connectivity index (χ3v) is 4.90. The summed E-state index contributed by atoms with van der Waals surface area (Å²) in [6, 6.07) is 7.72. The Bertz CT molecular complexity index is 574. The Hall–Kier alpha value is -2.04. The van der Waals surface area contributed by atoms with Gasteiger partial charge in [-0.25, -0.2) is 0 Å². The predicted molar refractivity (Wildman–Crippen MR) is 87.2 cm³/mol. The summed E-state index contributed by atoms with van der Waals surface area (Å²) in [5.41, 5.74) is 0.959. The number of rotatable bonds is 4. The summed E-state index contributed by atoms with van der Waals surface area (Å²) in [5.74, 6) is 1.15. The van der Waals surface area contributed by atoms with Gasteiger partial charge in [0.2, 0.25) is 11.8 Å². The number of nitrogens with zero attached hydrogens (tertiary/aromatic N) is 1. The number of carbonyl (C=O) groups excluding carboxylic acids is 2. The zero-order chi connectivity index (χ0) is 16.3. The van der Waals surface area contributed by atoms with Gasteiger partial charge < -0.3 is 15.0 Å². The van der Waals surface area contributed by atoms with Crippen molar-refractivity contribution in [3.8, 4) is 5.75 Å². The monoisotopic (exact) mass is 316 g/mol. The van der Waals surface area contributed by atoms with Crippen molar-refractivity contribution in [1.82, 2.24) is 10.2 Å². The molecule has 0 saturated carbocycles. The third-order valence-electron chi connectivity index (χ3n) is 4.90. The molecule has 1 spiro atoms. The van der Waals surface area contributed by atoms with Crippen molar-refractivity contribution in [3.63, 3.8) is 0 Å². The zero-order valence-electron chi connectivity index (χ0n) is 13.6. The SMILES string of the molecule is CCOc1ccc(CC(=O)N2CCC3(CCC(=O)N3)CC2)cc1. The van der Waals surface area contributed by atoms with Crippen molar-refractivity contribution in [2.45, 2.75) is 44.6 Å². The van der Waals surface area contributed by atoms with Crippen LogP contribution < -0.4 is 10.1 Å². The first-order chi connectivity index (χ1) is 11.1. The molecular weight excluding hydrogens is 292 g/mol. The molecule has 5 heteroatoms. The second-order valence-corrected chi connectivity index (χ2v) is 6.46. The molecule has 0 aromatic heterocycles. The number of amides is 2. The third kappa shape index (κ3) is 3.66. The van der Waals surface area contributed by atoms with Crippen LogP contribution in [0.15, 0.2) is 24.3 Å². The maximum absolute atomic E-state index is 12.5. The molecule has 2 saturated heterocycles. The molecule has 0 aliphatic carbocycles. The molecule has 2 heterocycles. The molecule has 2 fully saturated rings. The molecule has 0 radical (unpaired) electrons. The van der Waals surface area contributed by atoms with Crippen LogP contribution in [0.1, 0.15) is 38.2 Å². The zero-order valence-corrected chi connectivity index (χ0v) is 13.6. The summed E-state index contributed by atoms with van der Waals surface area (Å²) in [5, 5.41) is 3.11. The van der Waals surface area contributed by atoms with Gasteiger partial charge in [-0.05, 0) is 43.9 Å². The molecule has 1 aromatic rings. The minimum atomic E-state index is -0.0486. The number of carbonyl (C=O) groups is 2. The lowest BCUT2D eigenvalue weighted by atomic mass is 9.86. The summed E-state index contributed by atoms with van der Waals surface area (Å²) in [7, 11) is 0. The van der Waals surface area contributed by atoms with Gasteiger partial charge in [0.25, 0.3) is 0 Å². The molecule has 0 bridgehead atoms. The lowest BCUT2D eigenvalue weighted by Gasteiger charge is -2.39. The summed E-state index contributed by atoms with van der Waals surface area (Å²) in [6.45, 7) is 4.06. The highest BCUT2D eigenvalue weighted by Crippen LogP contribution is 2.31. The average Bonchev–Trinajstić information content (AvgIpc) is 2.91. The van der Waals surface area contributed by atoms with Crippen molar-refractivity contribution in [2.24, 2.45) is 0 Å². The van der Waals surface area contributed by atoms with Crippen molar-refractivity contribution >= 4 is 11.8 Å². The molecule has 2 aliphatic rings. The van der Waals surface area contributed by atoms with Gasteiger partial charge in [0, 0.05) is 25.0 Å². The quantitative estimate of drug-likeness (QED) is 0.923. The number of likely N-dealkylation sites (tertiary alicyclic amines) is 1. The van der Waals surface area contributed by atoms with E-state index in [0.29, 0.717) is 19.4 Å². The van der Waals surface area contributed by atoms with E-state index in [1.165, 1.54) is 0 Å². The van der Waals surface area contributed by atoms with E-state index in [0.717, 1.165) is 43.7 Å². The van der Waals surface area contributed by atoms with Crippen LogP contribution in [-0.4, -0.2) is 41.9 Å². The van der Waals surface area contributed by atoms with Crippen LogP contribution in [0.2, 0.25) is 0 Å². The molecule has 0 atom stereocenters. The Morgan fingerprint density at radius 2 is 1.91 bits per heavy atom. The molecule has 124 valence electrons. The molecule has 2 amide bonds. The van der Waals surface area contributed by atoms with Crippen LogP contribution in [-0.2, 0) is 16.0 Å². The Balaban J connectivity index is 1.52. The lowest BCUT2D eigenvalue weighted by molar-refractivity contribution is -0.132. The van der Waals surface area contributed by atoms with Crippen molar-refractivity contribution in [3.05, 3.63) is 29.8 Å². The first-order valence-electron chi connectivity index (χ1n) is 8.41. The van der Waals surface area contributed by atoms with E-state index in [4.69, 9.17) is 4.74 Å². The van der Waals surface area contributed by atoms with Crippen LogP contribution in [0.3, 0.4) is 0 Å². The largest absolute Gasteiger partial charge is 0.494 e. The van der Waals surface area contributed by atoms with Gasteiger partial charge in [0.05, 0.1) is 13.0 Å². The molecule has 1 aromatic carbocycles. The topological polar surface area (TPSA) is 58.6 Å². The standard InChI is InChI=1S/C18H24N2O3/c1-2-23-15-5-3-14(4-6-15)13-17(22)20-11-9-18(10-12-20)8-7-16(21)19-18/h3-6H,2,7-13H2,1H3,(H,19,21). The van der Waals surface area contributed by atoms with Gasteiger partial charge in [0.1, 0.15) is 5.75 Å². The van der Waals surface area contributed by atoms with Crippen LogP contribution in [0.25, 0.3) is 0 Å². The van der Waals surface area contributed by atoms with Gasteiger partial charge in [-0.2, -0.15) is 0 Å². The van der Waals surface area contributed by atoms with Crippen LogP contribution >= 0.6 is 0 Å². The number of hydrogen-bond donors (Lipinski definition) is 1. The normalized spacial score (nSPS) is 19.7. The van der Waals surface area contributed by atoms with Crippen molar-refractivity contribution < 1.29 is 14.3 Å². The van der Waals surface area contributed by atoms with Crippen molar-refractivity contribution in [1.29, 1.82) is 0 Å². The smallest absolute Gasteiger partial charge is 0.226 e. The fourth-order valence-corrected chi connectivity index (χ4v) is 3.49. The minimum Gasteiger partial charge on any atom is -0.494 e. The summed E-state index contributed by atoms with van der Waals surface area (Å²) in [4.78, 5) is 25.8. The number of hydrogen-bond acceptors (Lipinski definition) is 3. The molecular formula is C18H24N2O3. The summed E-state index contributed by atoms with van der Waals surface area (Å²) in [6.07, 6.45) is 3.69. The highest BCUT2D eigenvalue weighted by molar-refractivity contribution is 5.80. The van der Waals surface area contributed by atoms with Gasteiger partial charge in [-0.3, -0.25) is 9.59 Å². The van der Waals surface area contributed by atoms with E-state index in [1.807, 2.05) is 36.1 Å². The predicted octanol–water partition coefficient (Wildman–Crippen LogP) is 1.90. The van der Waals surface area contributed by atoms with E-state index in [-0.39, 0.29) is 17.4 Å². The number of ether oxygens (including phenoxy) is 1. The fourth-order valence-electron chi connectivity index (χ4n) is 3.49. The Labute approximate surface area is 137 Å². The highest BCUT2D eigenvalue weighted by Gasteiger charge is 2.40. The highest BCUT2D eigenvalue weighted by atomic mass is 16.5. The maximum Gasteiger partial charge on any atom is 0.226 e. The van der Waals surface area contributed by atoms with Crippen molar-refractivity contribution in [2.75, 3.05) is 19.7 Å².